The summed E-state index contributed by atoms with van der Waals surface area (Å²) in [6.45, 7) is 0. The number of nitrogen functional groups attached to an aromatic ring is 1. The van der Waals surface area contributed by atoms with Gasteiger partial charge in [0.15, 0.2) is 0 Å². The molecule has 0 radical (unpaired) electrons. The molecule has 0 bridgehead atoms. The van der Waals surface area contributed by atoms with Gasteiger partial charge in [-0.1, -0.05) is 0 Å². The van der Waals surface area contributed by atoms with Gasteiger partial charge in [-0.3, -0.25) is 4.79 Å². The van der Waals surface area contributed by atoms with E-state index in [9.17, 15) is 13.6 Å². The molecule has 0 saturated heterocycles. The minimum atomic E-state index is -1.15. The fourth-order valence-corrected chi connectivity index (χ4v) is 0.828. The number of primary amides is 1. The zero-order valence-corrected chi connectivity index (χ0v) is 5.97. The average Bonchev–Trinajstić information content (AvgIpc) is 1.82. The highest BCUT2D eigenvalue weighted by atomic mass is 19.1. The van der Waals surface area contributed by atoms with E-state index in [4.69, 9.17) is 11.5 Å². The Morgan fingerprint density at radius 3 is 2.00 bits per heavy atom. The SMILES string of the molecule is NC(=O)c1c(F)cc(N)cc1F. The van der Waals surface area contributed by atoms with Crippen LogP contribution in [0.2, 0.25) is 0 Å². The number of hydrogen-bond donors (Lipinski definition) is 2. The molecule has 0 aromatic heterocycles. The number of rotatable bonds is 1. The van der Waals surface area contributed by atoms with Crippen molar-refractivity contribution >= 4 is 11.6 Å². The lowest BCUT2D eigenvalue weighted by atomic mass is 10.1. The zero-order valence-electron chi connectivity index (χ0n) is 5.97. The van der Waals surface area contributed by atoms with Gasteiger partial charge in [-0.25, -0.2) is 8.78 Å². The summed E-state index contributed by atoms with van der Waals surface area (Å²) in [5.41, 5.74) is 8.95. The van der Waals surface area contributed by atoms with Gasteiger partial charge in [-0.15, -0.1) is 0 Å². The second-order valence-corrected chi connectivity index (χ2v) is 2.22. The molecule has 0 atom stereocenters. The third-order valence-electron chi connectivity index (χ3n) is 1.31. The molecule has 1 rings (SSSR count). The Morgan fingerprint density at radius 2 is 1.67 bits per heavy atom. The lowest BCUT2D eigenvalue weighted by Crippen LogP contribution is -2.15. The monoisotopic (exact) mass is 172 g/mol. The van der Waals surface area contributed by atoms with Crippen molar-refractivity contribution in [2.75, 3.05) is 5.73 Å². The maximum absolute atomic E-state index is 12.7. The van der Waals surface area contributed by atoms with Crippen molar-refractivity contribution in [2.24, 2.45) is 5.73 Å². The summed E-state index contributed by atoms with van der Waals surface area (Å²) in [6.07, 6.45) is 0. The van der Waals surface area contributed by atoms with E-state index in [-0.39, 0.29) is 5.69 Å². The van der Waals surface area contributed by atoms with Crippen LogP contribution in [0.4, 0.5) is 14.5 Å². The lowest BCUT2D eigenvalue weighted by molar-refractivity contribution is 0.0992. The number of nitrogens with two attached hydrogens (primary N) is 2. The Balaban J connectivity index is 3.38. The number of halogens is 2. The first-order chi connectivity index (χ1) is 5.52. The molecule has 0 aliphatic heterocycles. The second kappa shape index (κ2) is 2.77. The fraction of sp³-hybridized carbons (Fsp3) is 0. The van der Waals surface area contributed by atoms with E-state index in [1.54, 1.807) is 0 Å². The Morgan fingerprint density at radius 1 is 1.25 bits per heavy atom. The quantitative estimate of drug-likeness (QED) is 0.610. The zero-order chi connectivity index (χ0) is 9.30. The van der Waals surface area contributed by atoms with Crippen LogP contribution in [-0.4, -0.2) is 5.91 Å². The Kier molecular flexibility index (Phi) is 1.95. The summed E-state index contributed by atoms with van der Waals surface area (Å²) in [4.78, 5) is 10.5. The number of anilines is 1. The third kappa shape index (κ3) is 1.34. The topological polar surface area (TPSA) is 69.1 Å². The van der Waals surface area contributed by atoms with Gasteiger partial charge in [0.25, 0.3) is 5.91 Å². The molecule has 4 N–H and O–H groups in total. The van der Waals surface area contributed by atoms with Gasteiger partial charge in [-0.05, 0) is 12.1 Å². The molecule has 0 spiro atoms. The molecule has 0 fully saturated rings. The van der Waals surface area contributed by atoms with Gasteiger partial charge in [0.2, 0.25) is 0 Å². The van der Waals surface area contributed by atoms with E-state index in [1.807, 2.05) is 0 Å². The summed E-state index contributed by atoms with van der Waals surface area (Å²) in [5, 5.41) is 0. The van der Waals surface area contributed by atoms with E-state index in [2.05, 4.69) is 0 Å². The summed E-state index contributed by atoms with van der Waals surface area (Å²) in [5.74, 6) is -3.23. The second-order valence-electron chi connectivity index (χ2n) is 2.22. The molecule has 64 valence electrons. The van der Waals surface area contributed by atoms with Crippen LogP contribution in [0.25, 0.3) is 0 Å². The van der Waals surface area contributed by atoms with E-state index in [0.717, 1.165) is 12.1 Å². The number of carbonyl (C=O) groups excluding carboxylic acids is 1. The largest absolute Gasteiger partial charge is 0.399 e. The smallest absolute Gasteiger partial charge is 0.254 e. The summed E-state index contributed by atoms with van der Waals surface area (Å²) < 4.78 is 25.5. The number of hydrogen-bond acceptors (Lipinski definition) is 2. The van der Waals surface area contributed by atoms with Crippen LogP contribution >= 0.6 is 0 Å². The van der Waals surface area contributed by atoms with Gasteiger partial charge in [0, 0.05) is 5.69 Å². The Bertz CT molecular complexity index is 315. The van der Waals surface area contributed by atoms with Crippen molar-refractivity contribution in [3.8, 4) is 0 Å². The normalized spacial score (nSPS) is 9.83. The molecule has 12 heavy (non-hydrogen) atoms. The van der Waals surface area contributed by atoms with Crippen molar-refractivity contribution in [1.82, 2.24) is 0 Å². The highest BCUT2D eigenvalue weighted by molar-refractivity contribution is 5.93. The number of benzene rings is 1. The predicted molar refractivity (Wildman–Crippen MR) is 39.3 cm³/mol. The van der Waals surface area contributed by atoms with Crippen molar-refractivity contribution in [1.29, 1.82) is 0 Å². The lowest BCUT2D eigenvalue weighted by Gasteiger charge is -2.00. The van der Waals surface area contributed by atoms with Crippen LogP contribution in [0, 0.1) is 11.6 Å². The van der Waals surface area contributed by atoms with Gasteiger partial charge < -0.3 is 11.5 Å². The minimum absolute atomic E-state index is 0.0880. The van der Waals surface area contributed by atoms with E-state index in [1.165, 1.54) is 0 Å². The number of carbonyl (C=O) groups is 1. The van der Waals surface area contributed by atoms with E-state index < -0.39 is 23.1 Å². The van der Waals surface area contributed by atoms with Gasteiger partial charge in [0.1, 0.15) is 17.2 Å². The van der Waals surface area contributed by atoms with Crippen LogP contribution in [0.15, 0.2) is 12.1 Å². The summed E-state index contributed by atoms with van der Waals surface area (Å²) in [7, 11) is 0. The first-order valence-electron chi connectivity index (χ1n) is 3.06. The van der Waals surface area contributed by atoms with E-state index in [0.29, 0.717) is 0 Å². The molecule has 0 aliphatic carbocycles. The first kappa shape index (κ1) is 8.45. The summed E-state index contributed by atoms with van der Waals surface area (Å²) in [6, 6.07) is 1.67. The van der Waals surface area contributed by atoms with Gasteiger partial charge >= 0.3 is 0 Å². The minimum Gasteiger partial charge on any atom is -0.399 e. The molecule has 0 aliphatic rings. The van der Waals surface area contributed by atoms with Crippen molar-refractivity contribution in [3.63, 3.8) is 0 Å². The molecule has 1 amide bonds. The number of amides is 1. The van der Waals surface area contributed by atoms with Crippen LogP contribution in [0.1, 0.15) is 10.4 Å². The van der Waals surface area contributed by atoms with Crippen molar-refractivity contribution < 1.29 is 13.6 Å². The molecule has 1 aromatic rings. The molecule has 1 aromatic carbocycles. The van der Waals surface area contributed by atoms with Crippen molar-refractivity contribution in [3.05, 3.63) is 29.3 Å². The highest BCUT2D eigenvalue weighted by Gasteiger charge is 2.14. The molecular formula is C7H6F2N2O. The first-order valence-corrected chi connectivity index (χ1v) is 3.06. The van der Waals surface area contributed by atoms with E-state index >= 15 is 0 Å². The standard InChI is InChI=1S/C7H6F2N2O/c8-4-1-3(10)2-5(9)6(4)7(11)12/h1-2H,10H2,(H2,11,12). The maximum atomic E-state index is 12.7. The van der Waals surface area contributed by atoms with Crippen LogP contribution in [-0.2, 0) is 0 Å². The van der Waals surface area contributed by atoms with Gasteiger partial charge in [0.05, 0.1) is 0 Å². The average molecular weight is 172 g/mol. The molecule has 0 unspecified atom stereocenters. The highest BCUT2D eigenvalue weighted by Crippen LogP contribution is 2.15. The maximum Gasteiger partial charge on any atom is 0.254 e. The summed E-state index contributed by atoms with van der Waals surface area (Å²) >= 11 is 0. The van der Waals surface area contributed by atoms with Crippen LogP contribution in [0.3, 0.4) is 0 Å². The van der Waals surface area contributed by atoms with Crippen LogP contribution < -0.4 is 11.5 Å². The Labute approximate surface area is 67.0 Å². The molecule has 0 saturated carbocycles. The molecule has 0 heterocycles. The Hall–Kier alpha value is -1.65. The van der Waals surface area contributed by atoms with Gasteiger partial charge in [-0.2, -0.15) is 0 Å². The van der Waals surface area contributed by atoms with Crippen LogP contribution in [0.5, 0.6) is 0 Å². The van der Waals surface area contributed by atoms with Crippen molar-refractivity contribution in [2.45, 2.75) is 0 Å². The molecular weight excluding hydrogens is 166 g/mol. The fourth-order valence-electron chi connectivity index (χ4n) is 0.828. The predicted octanol–water partition coefficient (Wildman–Crippen LogP) is 0.646. The molecule has 3 nitrogen and oxygen atoms in total. The molecule has 5 heteroatoms. The third-order valence-corrected chi connectivity index (χ3v) is 1.31.